The lowest BCUT2D eigenvalue weighted by Crippen LogP contribution is -2.15. The van der Waals surface area contributed by atoms with Crippen molar-refractivity contribution in [2.24, 2.45) is 0 Å². The van der Waals surface area contributed by atoms with Crippen molar-refractivity contribution in [3.8, 4) is 5.75 Å². The first-order valence-electron chi connectivity index (χ1n) is 5.59. The summed E-state index contributed by atoms with van der Waals surface area (Å²) in [4.78, 5) is 0. The monoisotopic (exact) mass is 222 g/mol. The Hall–Kier alpha value is -1.02. The van der Waals surface area contributed by atoms with Crippen LogP contribution >= 0.6 is 0 Å². The largest absolute Gasteiger partial charge is 0.467 e. The van der Waals surface area contributed by atoms with Gasteiger partial charge in [0.15, 0.2) is 6.79 Å². The third-order valence-corrected chi connectivity index (χ3v) is 2.55. The van der Waals surface area contributed by atoms with Crippen LogP contribution in [0.1, 0.15) is 37.5 Å². The van der Waals surface area contributed by atoms with Crippen LogP contribution in [0.25, 0.3) is 0 Å². The SMILES string of the molecule is COCOc1c(C)cc(C)cc1C(C)(C)C. The summed E-state index contributed by atoms with van der Waals surface area (Å²) in [5.41, 5.74) is 3.76. The van der Waals surface area contributed by atoms with Crippen LogP contribution in [-0.4, -0.2) is 13.9 Å². The molecular formula is C14H22O2. The van der Waals surface area contributed by atoms with Crippen LogP contribution in [0.2, 0.25) is 0 Å². The van der Waals surface area contributed by atoms with Crippen molar-refractivity contribution in [1.29, 1.82) is 0 Å². The second-order valence-corrected chi connectivity index (χ2v) is 5.26. The maximum absolute atomic E-state index is 5.68. The lowest BCUT2D eigenvalue weighted by atomic mass is 9.84. The molecule has 1 rings (SSSR count). The van der Waals surface area contributed by atoms with Gasteiger partial charge in [0.1, 0.15) is 5.75 Å². The summed E-state index contributed by atoms with van der Waals surface area (Å²) in [6.45, 7) is 11.1. The molecule has 0 saturated heterocycles. The molecule has 0 aliphatic carbocycles. The van der Waals surface area contributed by atoms with Gasteiger partial charge in [0.05, 0.1) is 0 Å². The number of hydrogen-bond acceptors (Lipinski definition) is 2. The zero-order valence-electron chi connectivity index (χ0n) is 11.2. The summed E-state index contributed by atoms with van der Waals surface area (Å²) in [6.07, 6.45) is 0. The summed E-state index contributed by atoms with van der Waals surface area (Å²) < 4.78 is 10.7. The molecule has 2 heteroatoms. The molecule has 0 aliphatic rings. The highest BCUT2D eigenvalue weighted by Gasteiger charge is 2.20. The number of aryl methyl sites for hydroxylation is 2. The molecule has 1 aromatic rings. The molecule has 0 aliphatic heterocycles. The summed E-state index contributed by atoms with van der Waals surface area (Å²) >= 11 is 0. The predicted octanol–water partition coefficient (Wildman–Crippen LogP) is 3.58. The van der Waals surface area contributed by atoms with Gasteiger partial charge in [-0.3, -0.25) is 0 Å². The van der Waals surface area contributed by atoms with E-state index in [0.717, 1.165) is 5.75 Å². The molecule has 0 spiro atoms. The lowest BCUT2D eigenvalue weighted by molar-refractivity contribution is 0.0493. The fraction of sp³-hybridized carbons (Fsp3) is 0.571. The van der Waals surface area contributed by atoms with E-state index in [1.165, 1.54) is 16.7 Å². The van der Waals surface area contributed by atoms with Crippen LogP contribution in [0, 0.1) is 13.8 Å². The summed E-state index contributed by atoms with van der Waals surface area (Å²) in [6, 6.07) is 4.33. The number of rotatable bonds is 3. The third kappa shape index (κ3) is 2.99. The molecule has 0 saturated carbocycles. The molecule has 16 heavy (non-hydrogen) atoms. The van der Waals surface area contributed by atoms with Crippen LogP contribution < -0.4 is 4.74 Å². The van der Waals surface area contributed by atoms with Crippen LogP contribution in [0.15, 0.2) is 12.1 Å². The van der Waals surface area contributed by atoms with E-state index in [0.29, 0.717) is 6.79 Å². The lowest BCUT2D eigenvalue weighted by Gasteiger charge is -2.24. The van der Waals surface area contributed by atoms with Crippen molar-refractivity contribution in [3.05, 3.63) is 28.8 Å². The van der Waals surface area contributed by atoms with Gasteiger partial charge < -0.3 is 9.47 Å². The van der Waals surface area contributed by atoms with Gasteiger partial charge in [0, 0.05) is 12.7 Å². The van der Waals surface area contributed by atoms with Gasteiger partial charge in [0.2, 0.25) is 0 Å². The van der Waals surface area contributed by atoms with E-state index in [4.69, 9.17) is 9.47 Å². The quantitative estimate of drug-likeness (QED) is 0.728. The molecular weight excluding hydrogens is 200 g/mol. The van der Waals surface area contributed by atoms with E-state index in [-0.39, 0.29) is 5.41 Å². The minimum Gasteiger partial charge on any atom is -0.467 e. The van der Waals surface area contributed by atoms with Crippen molar-refractivity contribution < 1.29 is 9.47 Å². The van der Waals surface area contributed by atoms with Crippen molar-refractivity contribution in [2.45, 2.75) is 40.0 Å². The Kier molecular flexibility index (Phi) is 3.98. The van der Waals surface area contributed by atoms with E-state index in [9.17, 15) is 0 Å². The second-order valence-electron chi connectivity index (χ2n) is 5.26. The minimum absolute atomic E-state index is 0.0832. The highest BCUT2D eigenvalue weighted by Crippen LogP contribution is 2.34. The topological polar surface area (TPSA) is 18.5 Å². The van der Waals surface area contributed by atoms with Gasteiger partial charge in [-0.05, 0) is 24.8 Å². The van der Waals surface area contributed by atoms with Gasteiger partial charge in [-0.15, -0.1) is 0 Å². The Labute approximate surface area is 98.6 Å². The van der Waals surface area contributed by atoms with Crippen LogP contribution in [0.3, 0.4) is 0 Å². The van der Waals surface area contributed by atoms with E-state index in [1.807, 2.05) is 0 Å². The fourth-order valence-electron chi connectivity index (χ4n) is 1.82. The minimum atomic E-state index is 0.0832. The maximum Gasteiger partial charge on any atom is 0.188 e. The molecule has 2 nitrogen and oxygen atoms in total. The van der Waals surface area contributed by atoms with Gasteiger partial charge in [0.25, 0.3) is 0 Å². The molecule has 1 aromatic carbocycles. The smallest absolute Gasteiger partial charge is 0.188 e. The molecule has 0 heterocycles. The normalized spacial score (nSPS) is 11.6. The first kappa shape index (κ1) is 13.0. The standard InChI is InChI=1S/C14H22O2/c1-10-7-11(2)13(16-9-15-6)12(8-10)14(3,4)5/h7-8H,9H2,1-6H3. The van der Waals surface area contributed by atoms with Crippen LogP contribution in [-0.2, 0) is 10.2 Å². The van der Waals surface area contributed by atoms with Crippen molar-refractivity contribution in [3.63, 3.8) is 0 Å². The van der Waals surface area contributed by atoms with E-state index in [1.54, 1.807) is 7.11 Å². The van der Waals surface area contributed by atoms with E-state index in [2.05, 4.69) is 46.8 Å². The van der Waals surface area contributed by atoms with Gasteiger partial charge >= 0.3 is 0 Å². The first-order valence-corrected chi connectivity index (χ1v) is 5.59. The Morgan fingerprint density at radius 3 is 2.25 bits per heavy atom. The van der Waals surface area contributed by atoms with Crippen molar-refractivity contribution >= 4 is 0 Å². The molecule has 0 amide bonds. The van der Waals surface area contributed by atoms with Crippen molar-refractivity contribution in [2.75, 3.05) is 13.9 Å². The van der Waals surface area contributed by atoms with Gasteiger partial charge in [-0.2, -0.15) is 0 Å². The Balaban J connectivity index is 3.21. The maximum atomic E-state index is 5.68. The fourth-order valence-corrected chi connectivity index (χ4v) is 1.82. The summed E-state index contributed by atoms with van der Waals surface area (Å²) in [5, 5.41) is 0. The van der Waals surface area contributed by atoms with E-state index >= 15 is 0 Å². The average molecular weight is 222 g/mol. The molecule has 0 radical (unpaired) electrons. The molecule has 0 unspecified atom stereocenters. The molecule has 0 atom stereocenters. The molecule has 0 aromatic heterocycles. The number of ether oxygens (including phenoxy) is 2. The van der Waals surface area contributed by atoms with Gasteiger partial charge in [-0.25, -0.2) is 0 Å². The molecule has 0 N–H and O–H groups in total. The molecule has 0 bridgehead atoms. The average Bonchev–Trinajstić information content (AvgIpc) is 2.14. The van der Waals surface area contributed by atoms with Crippen molar-refractivity contribution in [1.82, 2.24) is 0 Å². The zero-order valence-corrected chi connectivity index (χ0v) is 11.2. The van der Waals surface area contributed by atoms with E-state index < -0.39 is 0 Å². The highest BCUT2D eigenvalue weighted by atomic mass is 16.7. The Bertz CT molecular complexity index is 362. The number of hydrogen-bond donors (Lipinski definition) is 0. The second kappa shape index (κ2) is 4.88. The summed E-state index contributed by atoms with van der Waals surface area (Å²) in [5.74, 6) is 0.958. The first-order chi connectivity index (χ1) is 7.36. The third-order valence-electron chi connectivity index (χ3n) is 2.55. The van der Waals surface area contributed by atoms with Gasteiger partial charge in [-0.1, -0.05) is 38.5 Å². The zero-order chi connectivity index (χ0) is 12.3. The Morgan fingerprint density at radius 1 is 1.12 bits per heavy atom. The Morgan fingerprint density at radius 2 is 1.75 bits per heavy atom. The molecule has 0 fully saturated rings. The predicted molar refractivity (Wildman–Crippen MR) is 67.1 cm³/mol. The highest BCUT2D eigenvalue weighted by molar-refractivity contribution is 5.47. The number of methoxy groups -OCH3 is 1. The summed E-state index contributed by atoms with van der Waals surface area (Å²) in [7, 11) is 1.64. The van der Waals surface area contributed by atoms with Crippen LogP contribution in [0.5, 0.6) is 5.75 Å². The van der Waals surface area contributed by atoms with Crippen LogP contribution in [0.4, 0.5) is 0 Å². The number of benzene rings is 1. The molecule has 90 valence electrons.